The van der Waals surface area contributed by atoms with Gasteiger partial charge in [-0.15, -0.1) is 11.3 Å². The number of aromatic nitrogens is 2. The van der Waals surface area contributed by atoms with E-state index < -0.39 is 11.2 Å². The molecule has 0 saturated carbocycles. The largest absolute Gasteiger partial charge is 0.477 e. The first-order valence-electron chi connectivity index (χ1n) is 9.98. The van der Waals surface area contributed by atoms with Gasteiger partial charge < -0.3 is 10.1 Å². The fourth-order valence-electron chi connectivity index (χ4n) is 4.29. The molecule has 3 aromatic rings. The number of piperidine rings is 1. The maximum absolute atomic E-state index is 13.7. The highest BCUT2D eigenvalue weighted by Crippen LogP contribution is 2.43. The van der Waals surface area contributed by atoms with Crippen LogP contribution < -0.4 is 10.1 Å². The fourth-order valence-corrected chi connectivity index (χ4v) is 4.82. The second kappa shape index (κ2) is 8.62. The smallest absolute Gasteiger partial charge is 0.213 e. The van der Waals surface area contributed by atoms with Gasteiger partial charge in [0.2, 0.25) is 5.88 Å². The number of halogens is 1. The number of hydrogen-bond donors (Lipinski definition) is 1. The van der Waals surface area contributed by atoms with E-state index >= 15 is 0 Å². The molecule has 0 amide bonds. The van der Waals surface area contributed by atoms with Gasteiger partial charge in [0.25, 0.3) is 0 Å². The Balaban J connectivity index is 1.69. The van der Waals surface area contributed by atoms with Gasteiger partial charge in [-0.25, -0.2) is 14.4 Å². The molecule has 1 aliphatic heterocycles. The Morgan fingerprint density at radius 1 is 1.23 bits per heavy atom. The molecule has 156 valence electrons. The fraction of sp³-hybridized carbons (Fsp3) is 0.348. The van der Waals surface area contributed by atoms with Crippen molar-refractivity contribution in [3.63, 3.8) is 0 Å². The van der Waals surface area contributed by atoms with Crippen molar-refractivity contribution < 1.29 is 13.9 Å². The first-order valence-corrected chi connectivity index (χ1v) is 10.9. The number of ether oxygens (including phenoxy) is 1. The maximum Gasteiger partial charge on any atom is 0.213 e. The third kappa shape index (κ3) is 4.00. The number of carbonyl (C=O) groups excluding carboxylic acids is 1. The molecular weight excluding hydrogens is 401 g/mol. The number of Topliss-reactive ketones (excluding diaryl/α,β-unsaturated/α-hetero) is 1. The van der Waals surface area contributed by atoms with Crippen LogP contribution in [0.2, 0.25) is 0 Å². The topological polar surface area (TPSA) is 64.1 Å². The highest BCUT2D eigenvalue weighted by Gasteiger charge is 2.51. The van der Waals surface area contributed by atoms with Crippen LogP contribution in [-0.4, -0.2) is 34.4 Å². The summed E-state index contributed by atoms with van der Waals surface area (Å²) in [6, 6.07) is 13.1. The number of thiazole rings is 1. The zero-order valence-electron chi connectivity index (χ0n) is 16.9. The van der Waals surface area contributed by atoms with E-state index in [1.54, 1.807) is 10.9 Å². The van der Waals surface area contributed by atoms with Crippen molar-refractivity contribution in [3.8, 4) is 5.88 Å². The minimum absolute atomic E-state index is 0.0429. The number of rotatable bonds is 6. The molecule has 0 aliphatic carbocycles. The molecule has 30 heavy (non-hydrogen) atoms. The molecule has 1 aromatic carbocycles. The number of carbonyl (C=O) groups is 1. The summed E-state index contributed by atoms with van der Waals surface area (Å²) in [5, 5.41) is 5.38. The number of nitrogens with one attached hydrogen (secondary N) is 1. The number of pyridine rings is 1. The van der Waals surface area contributed by atoms with E-state index in [0.29, 0.717) is 18.0 Å². The highest BCUT2D eigenvalue weighted by atomic mass is 32.1. The average molecular weight is 426 g/mol. The molecule has 4 rings (SSSR count). The summed E-state index contributed by atoms with van der Waals surface area (Å²) in [6.07, 6.45) is 1.73. The van der Waals surface area contributed by atoms with Crippen molar-refractivity contribution in [1.29, 1.82) is 0 Å². The van der Waals surface area contributed by atoms with Crippen LogP contribution in [0.3, 0.4) is 0 Å². The average Bonchev–Trinajstić information content (AvgIpc) is 3.30. The van der Waals surface area contributed by atoms with Gasteiger partial charge in [0.05, 0.1) is 17.1 Å². The quantitative estimate of drug-likeness (QED) is 0.590. The van der Waals surface area contributed by atoms with Gasteiger partial charge in [0.1, 0.15) is 18.1 Å². The Morgan fingerprint density at radius 3 is 2.70 bits per heavy atom. The highest BCUT2D eigenvalue weighted by molar-refractivity contribution is 7.07. The van der Waals surface area contributed by atoms with Crippen LogP contribution in [0, 0.1) is 11.2 Å². The predicted molar refractivity (Wildman–Crippen MR) is 114 cm³/mol. The third-order valence-corrected chi connectivity index (χ3v) is 6.64. The monoisotopic (exact) mass is 425 g/mol. The van der Waals surface area contributed by atoms with Crippen molar-refractivity contribution in [1.82, 2.24) is 15.3 Å². The molecule has 1 fully saturated rings. The first kappa shape index (κ1) is 20.6. The first-order chi connectivity index (χ1) is 14.5. The zero-order chi connectivity index (χ0) is 21.1. The molecule has 2 unspecified atom stereocenters. The normalized spacial score (nSPS) is 26.3. The summed E-state index contributed by atoms with van der Waals surface area (Å²) in [6.45, 7) is 4.30. The predicted octanol–water partition coefficient (Wildman–Crippen LogP) is 4.48. The van der Waals surface area contributed by atoms with Crippen LogP contribution in [0.15, 0.2) is 59.6 Å². The van der Waals surface area contributed by atoms with Gasteiger partial charge in [-0.1, -0.05) is 30.3 Å². The molecule has 0 radical (unpaired) electrons. The van der Waals surface area contributed by atoms with Crippen molar-refractivity contribution >= 4 is 17.1 Å². The van der Waals surface area contributed by atoms with Crippen LogP contribution in [-0.2, 0) is 0 Å². The summed E-state index contributed by atoms with van der Waals surface area (Å²) >= 11 is 1.40. The Bertz CT molecular complexity index is 981. The van der Waals surface area contributed by atoms with Crippen molar-refractivity contribution in [2.75, 3.05) is 6.61 Å². The number of hydrogen-bond acceptors (Lipinski definition) is 6. The minimum atomic E-state index is -0.836. The summed E-state index contributed by atoms with van der Waals surface area (Å²) in [5.41, 5.74) is 2.46. The molecule has 1 N–H and O–H groups in total. The second-order valence-electron chi connectivity index (χ2n) is 7.86. The Morgan fingerprint density at radius 2 is 2.03 bits per heavy atom. The van der Waals surface area contributed by atoms with Crippen molar-refractivity contribution in [2.24, 2.45) is 5.41 Å². The third-order valence-electron chi connectivity index (χ3n) is 6.05. The lowest BCUT2D eigenvalue weighted by Crippen LogP contribution is -2.60. The standard InChI is InChI=1S/C23H24FN3O2S/c1-15-19(17-6-4-3-5-7-17)10-23(16(2)27-15,22(28)20-12-30-14-26-20)13-29-21-9-8-18(24)11-25-21/h3-9,11-12,14-16,19,27H,10,13H2,1-2H3/t15-,16?,19?,23+/m1/s1. The van der Waals surface area contributed by atoms with E-state index in [1.165, 1.54) is 29.0 Å². The van der Waals surface area contributed by atoms with Crippen molar-refractivity contribution in [2.45, 2.75) is 38.3 Å². The van der Waals surface area contributed by atoms with Gasteiger partial charge in [-0.05, 0) is 31.9 Å². The van der Waals surface area contributed by atoms with Gasteiger partial charge in [0, 0.05) is 29.4 Å². The molecule has 5 nitrogen and oxygen atoms in total. The van der Waals surface area contributed by atoms with Crippen LogP contribution >= 0.6 is 11.3 Å². The summed E-state index contributed by atoms with van der Waals surface area (Å²) in [5.74, 6) is -0.0429. The number of nitrogens with zero attached hydrogens (tertiary/aromatic N) is 2. The van der Waals surface area contributed by atoms with Crippen LogP contribution in [0.25, 0.3) is 0 Å². The molecule has 0 spiro atoms. The molecule has 1 saturated heterocycles. The van der Waals surface area contributed by atoms with Gasteiger partial charge in [-0.3, -0.25) is 4.79 Å². The Hall–Kier alpha value is -2.64. The molecule has 3 heterocycles. The van der Waals surface area contributed by atoms with Gasteiger partial charge >= 0.3 is 0 Å². The van der Waals surface area contributed by atoms with E-state index in [4.69, 9.17) is 4.74 Å². The molecule has 0 bridgehead atoms. The Kier molecular flexibility index (Phi) is 5.92. The zero-order valence-corrected chi connectivity index (χ0v) is 17.7. The van der Waals surface area contributed by atoms with Gasteiger partial charge in [-0.2, -0.15) is 0 Å². The molecule has 4 atom stereocenters. The Labute approximate surface area is 179 Å². The molecule has 7 heteroatoms. The van der Waals surface area contributed by atoms with E-state index in [0.717, 1.165) is 6.20 Å². The molecular formula is C23H24FN3O2S. The van der Waals surface area contributed by atoms with E-state index in [9.17, 15) is 9.18 Å². The van der Waals surface area contributed by atoms with E-state index in [2.05, 4.69) is 34.3 Å². The maximum atomic E-state index is 13.7. The number of ketones is 1. The lowest BCUT2D eigenvalue weighted by molar-refractivity contribution is 0.0342. The van der Waals surface area contributed by atoms with Crippen LogP contribution in [0.5, 0.6) is 5.88 Å². The van der Waals surface area contributed by atoms with Crippen LogP contribution in [0.4, 0.5) is 4.39 Å². The van der Waals surface area contributed by atoms with Crippen LogP contribution in [0.1, 0.15) is 42.2 Å². The summed E-state index contributed by atoms with van der Waals surface area (Å²) in [4.78, 5) is 22.0. The van der Waals surface area contributed by atoms with Gasteiger partial charge in [0.15, 0.2) is 5.78 Å². The number of benzene rings is 1. The van der Waals surface area contributed by atoms with E-state index in [1.807, 2.05) is 25.1 Å². The summed E-state index contributed by atoms with van der Waals surface area (Å²) in [7, 11) is 0. The lowest BCUT2D eigenvalue weighted by atomic mass is 9.65. The SMILES string of the molecule is CC1N[C@H](C)C(c2ccccc2)C[C@@]1(COc1ccc(F)cn1)C(=O)c1cscn1. The summed E-state index contributed by atoms with van der Waals surface area (Å²) < 4.78 is 19.2. The minimum Gasteiger partial charge on any atom is -0.477 e. The second-order valence-corrected chi connectivity index (χ2v) is 8.58. The molecule has 2 aromatic heterocycles. The molecule has 1 aliphatic rings. The lowest BCUT2D eigenvalue weighted by Gasteiger charge is -2.47. The van der Waals surface area contributed by atoms with Crippen molar-refractivity contribution in [3.05, 3.63) is 76.6 Å². The van der Waals surface area contributed by atoms with E-state index in [-0.39, 0.29) is 30.4 Å².